The van der Waals surface area contributed by atoms with Crippen LogP contribution in [0.5, 0.6) is 5.75 Å². The molecule has 0 amide bonds. The van der Waals surface area contributed by atoms with Crippen LogP contribution in [0.2, 0.25) is 0 Å². The summed E-state index contributed by atoms with van der Waals surface area (Å²) < 4.78 is 7.85. The van der Waals surface area contributed by atoms with Crippen LogP contribution >= 0.6 is 24.0 Å². The van der Waals surface area contributed by atoms with Gasteiger partial charge >= 0.3 is 0 Å². The van der Waals surface area contributed by atoms with Crippen LogP contribution in [0.1, 0.15) is 38.2 Å². The zero-order valence-corrected chi connectivity index (χ0v) is 17.1. The Hall–Kier alpha value is -1.77. The second kappa shape index (κ2) is 9.07. The lowest BCUT2D eigenvalue weighted by Crippen LogP contribution is -2.22. The SMILES string of the molecule is CC(C)Oc1ccc(NC(N)=NCc2cn3c(n2)CCCC3)cc1.I. The monoisotopic (exact) mass is 455 g/mol. The standard InChI is InChI=1S/C18H25N5O.HI/c1-13(2)24-16-8-6-14(7-9-16)22-18(19)20-11-15-12-23-10-4-3-5-17(23)21-15;/h6-9,12-13H,3-5,10-11H2,1-2H3,(H3,19,20,22);1H. The number of aromatic nitrogens is 2. The highest BCUT2D eigenvalue weighted by molar-refractivity contribution is 14.0. The molecule has 1 aromatic heterocycles. The average molecular weight is 455 g/mol. The number of hydrogen-bond donors (Lipinski definition) is 2. The molecule has 1 aromatic carbocycles. The van der Waals surface area contributed by atoms with E-state index in [9.17, 15) is 0 Å². The van der Waals surface area contributed by atoms with E-state index in [2.05, 4.69) is 26.1 Å². The van der Waals surface area contributed by atoms with Gasteiger partial charge in [-0.25, -0.2) is 9.98 Å². The Balaban J connectivity index is 0.00000225. The first-order valence-corrected chi connectivity index (χ1v) is 8.49. The van der Waals surface area contributed by atoms with Gasteiger partial charge in [-0.3, -0.25) is 0 Å². The van der Waals surface area contributed by atoms with Crippen molar-refractivity contribution in [3.05, 3.63) is 42.0 Å². The summed E-state index contributed by atoms with van der Waals surface area (Å²) >= 11 is 0. The summed E-state index contributed by atoms with van der Waals surface area (Å²) in [6, 6.07) is 7.68. The predicted molar refractivity (Wildman–Crippen MR) is 112 cm³/mol. The van der Waals surface area contributed by atoms with Crippen molar-refractivity contribution in [1.29, 1.82) is 0 Å². The van der Waals surface area contributed by atoms with Crippen LogP contribution in [0.4, 0.5) is 5.69 Å². The van der Waals surface area contributed by atoms with Crippen LogP contribution in [0.15, 0.2) is 35.5 Å². The van der Waals surface area contributed by atoms with Crippen LogP contribution in [0, 0.1) is 0 Å². The maximum Gasteiger partial charge on any atom is 0.193 e. The van der Waals surface area contributed by atoms with Crippen molar-refractivity contribution in [3.63, 3.8) is 0 Å². The summed E-state index contributed by atoms with van der Waals surface area (Å²) in [5.74, 6) is 2.40. The van der Waals surface area contributed by atoms with Gasteiger partial charge in [0.15, 0.2) is 5.96 Å². The first-order chi connectivity index (χ1) is 11.6. The first kappa shape index (κ1) is 19.6. The number of nitrogens with one attached hydrogen (secondary N) is 1. The number of hydrogen-bond acceptors (Lipinski definition) is 3. The van der Waals surface area contributed by atoms with E-state index in [-0.39, 0.29) is 30.1 Å². The minimum Gasteiger partial charge on any atom is -0.491 e. The number of aliphatic imine (C=N–C) groups is 1. The van der Waals surface area contributed by atoms with Gasteiger partial charge in [0.2, 0.25) is 0 Å². The van der Waals surface area contributed by atoms with Crippen molar-refractivity contribution in [1.82, 2.24) is 9.55 Å². The third-order valence-corrected chi connectivity index (χ3v) is 3.87. The van der Waals surface area contributed by atoms with Gasteiger partial charge in [-0.1, -0.05) is 0 Å². The molecule has 1 aliphatic heterocycles. The smallest absolute Gasteiger partial charge is 0.193 e. The van der Waals surface area contributed by atoms with E-state index < -0.39 is 0 Å². The molecule has 0 unspecified atom stereocenters. The highest BCUT2D eigenvalue weighted by atomic mass is 127. The molecule has 2 aromatic rings. The van der Waals surface area contributed by atoms with E-state index in [1.807, 2.05) is 38.1 Å². The van der Waals surface area contributed by atoms with E-state index in [1.165, 1.54) is 18.7 Å². The molecule has 0 bridgehead atoms. The van der Waals surface area contributed by atoms with E-state index in [0.717, 1.165) is 30.1 Å². The molecule has 3 rings (SSSR count). The van der Waals surface area contributed by atoms with Gasteiger partial charge in [0.1, 0.15) is 11.6 Å². The number of guanidine groups is 1. The lowest BCUT2D eigenvalue weighted by molar-refractivity contribution is 0.242. The highest BCUT2D eigenvalue weighted by Gasteiger charge is 2.11. The molecule has 0 aliphatic carbocycles. The number of ether oxygens (including phenoxy) is 1. The van der Waals surface area contributed by atoms with Gasteiger partial charge in [-0.2, -0.15) is 0 Å². The topological polar surface area (TPSA) is 77.5 Å². The van der Waals surface area contributed by atoms with Crippen molar-refractivity contribution in [2.75, 3.05) is 5.32 Å². The highest BCUT2D eigenvalue weighted by Crippen LogP contribution is 2.17. The fraction of sp³-hybridized carbons (Fsp3) is 0.444. The number of nitrogens with zero attached hydrogens (tertiary/aromatic N) is 3. The molecule has 6 nitrogen and oxygen atoms in total. The minimum absolute atomic E-state index is 0. The van der Waals surface area contributed by atoms with Crippen molar-refractivity contribution in [3.8, 4) is 5.75 Å². The number of anilines is 1. The molecule has 0 atom stereocenters. The number of benzene rings is 1. The summed E-state index contributed by atoms with van der Waals surface area (Å²) in [7, 11) is 0. The summed E-state index contributed by atoms with van der Waals surface area (Å²) in [5.41, 5.74) is 7.82. The Morgan fingerprint density at radius 3 is 2.76 bits per heavy atom. The Morgan fingerprint density at radius 2 is 2.08 bits per heavy atom. The lowest BCUT2D eigenvalue weighted by atomic mass is 10.2. The Kier molecular flexibility index (Phi) is 7.10. The van der Waals surface area contributed by atoms with Crippen LogP contribution in [0.3, 0.4) is 0 Å². The van der Waals surface area contributed by atoms with Gasteiger partial charge < -0.3 is 20.4 Å². The van der Waals surface area contributed by atoms with E-state index in [1.54, 1.807) is 0 Å². The van der Waals surface area contributed by atoms with Crippen molar-refractivity contribution in [2.45, 2.75) is 52.3 Å². The fourth-order valence-corrected chi connectivity index (χ4v) is 2.79. The minimum atomic E-state index is 0. The normalized spacial score (nSPS) is 14.0. The number of aryl methyl sites for hydroxylation is 2. The zero-order chi connectivity index (χ0) is 16.9. The summed E-state index contributed by atoms with van der Waals surface area (Å²) in [5, 5.41) is 3.09. The van der Waals surface area contributed by atoms with Crippen LogP contribution in [0.25, 0.3) is 0 Å². The molecule has 0 radical (unpaired) electrons. The molecule has 0 saturated heterocycles. The molecule has 136 valence electrons. The molecular weight excluding hydrogens is 429 g/mol. The Bertz CT molecular complexity index is 685. The summed E-state index contributed by atoms with van der Waals surface area (Å²) in [4.78, 5) is 9.01. The second-order valence-corrected chi connectivity index (χ2v) is 6.32. The molecular formula is C18H26IN5O. The lowest BCUT2D eigenvalue weighted by Gasteiger charge is -2.11. The van der Waals surface area contributed by atoms with Crippen molar-refractivity contribution >= 4 is 35.6 Å². The molecule has 0 fully saturated rings. The van der Waals surface area contributed by atoms with Crippen LogP contribution in [-0.4, -0.2) is 21.6 Å². The quantitative estimate of drug-likeness (QED) is 0.411. The van der Waals surface area contributed by atoms with E-state index in [4.69, 9.17) is 10.5 Å². The summed E-state index contributed by atoms with van der Waals surface area (Å²) in [6.45, 7) is 5.56. The predicted octanol–water partition coefficient (Wildman–Crippen LogP) is 3.55. The molecule has 7 heteroatoms. The molecule has 0 saturated carbocycles. The Morgan fingerprint density at radius 1 is 1.32 bits per heavy atom. The largest absolute Gasteiger partial charge is 0.491 e. The number of halogens is 1. The van der Waals surface area contributed by atoms with Crippen molar-refractivity contribution in [2.24, 2.45) is 10.7 Å². The van der Waals surface area contributed by atoms with Crippen LogP contribution < -0.4 is 15.8 Å². The van der Waals surface area contributed by atoms with Gasteiger partial charge in [-0.15, -0.1) is 24.0 Å². The number of rotatable bonds is 5. The Labute approximate surface area is 165 Å². The van der Waals surface area contributed by atoms with E-state index >= 15 is 0 Å². The molecule has 1 aliphatic rings. The van der Waals surface area contributed by atoms with Gasteiger partial charge in [-0.05, 0) is 51.0 Å². The van der Waals surface area contributed by atoms with Crippen LogP contribution in [-0.2, 0) is 19.5 Å². The molecule has 2 heterocycles. The van der Waals surface area contributed by atoms with Gasteiger partial charge in [0.25, 0.3) is 0 Å². The summed E-state index contributed by atoms with van der Waals surface area (Å²) in [6.07, 6.45) is 5.76. The third-order valence-electron chi connectivity index (χ3n) is 3.87. The van der Waals surface area contributed by atoms with Gasteiger partial charge in [0.05, 0.1) is 18.3 Å². The maximum atomic E-state index is 5.97. The fourth-order valence-electron chi connectivity index (χ4n) is 2.79. The number of imidazole rings is 1. The molecule has 0 spiro atoms. The first-order valence-electron chi connectivity index (χ1n) is 8.49. The molecule has 25 heavy (non-hydrogen) atoms. The average Bonchev–Trinajstić information content (AvgIpc) is 2.97. The van der Waals surface area contributed by atoms with Gasteiger partial charge in [0, 0.05) is 24.8 Å². The maximum absolute atomic E-state index is 5.97. The number of fused-ring (bicyclic) bond motifs is 1. The number of nitrogens with two attached hydrogens (primary N) is 1. The molecule has 3 N–H and O–H groups in total. The van der Waals surface area contributed by atoms with Crippen molar-refractivity contribution < 1.29 is 4.74 Å². The van der Waals surface area contributed by atoms with E-state index in [0.29, 0.717) is 12.5 Å². The second-order valence-electron chi connectivity index (χ2n) is 6.32. The third kappa shape index (κ3) is 5.62. The zero-order valence-electron chi connectivity index (χ0n) is 14.7.